The molecule has 29 heavy (non-hydrogen) atoms. The first-order valence-corrected chi connectivity index (χ1v) is 10.5. The van der Waals surface area contributed by atoms with E-state index >= 15 is 0 Å². The lowest BCUT2D eigenvalue weighted by atomic mass is 9.72. The number of hydrogen-bond donors (Lipinski definition) is 2. The van der Waals surface area contributed by atoms with Gasteiger partial charge in [0.05, 0.1) is 38.4 Å². The smallest absolute Gasteiger partial charge is 0.321 e. The Morgan fingerprint density at radius 2 is 2.00 bits per heavy atom. The van der Waals surface area contributed by atoms with Crippen molar-refractivity contribution in [2.45, 2.75) is 31.3 Å². The van der Waals surface area contributed by atoms with Gasteiger partial charge in [0.2, 0.25) is 5.91 Å². The molecule has 2 saturated heterocycles. The number of aliphatic hydroxyl groups is 1. The van der Waals surface area contributed by atoms with Gasteiger partial charge in [-0.1, -0.05) is 25.1 Å². The van der Waals surface area contributed by atoms with E-state index in [4.69, 9.17) is 4.74 Å². The molecule has 8 nitrogen and oxygen atoms in total. The van der Waals surface area contributed by atoms with Crippen molar-refractivity contribution in [2.75, 3.05) is 57.4 Å². The lowest BCUT2D eigenvalue weighted by molar-refractivity contribution is -0.152. The fraction of sp³-hybridized carbons (Fsp3) is 0.619. The largest absolute Gasteiger partial charge is 0.394 e. The van der Waals surface area contributed by atoms with E-state index in [1.165, 1.54) is 0 Å². The van der Waals surface area contributed by atoms with Crippen molar-refractivity contribution >= 4 is 17.6 Å². The number of benzene rings is 1. The molecule has 0 saturated carbocycles. The first-order chi connectivity index (χ1) is 14.2. The SMILES string of the molecule is CCCNC(=O)N1C[C@H]2[C@@H](c3ccccc31)[C@@H](CO)N2C(=O)CN1CCOCC1. The topological polar surface area (TPSA) is 85.4 Å². The van der Waals surface area contributed by atoms with E-state index < -0.39 is 0 Å². The van der Waals surface area contributed by atoms with Gasteiger partial charge in [0.1, 0.15) is 0 Å². The Balaban J connectivity index is 1.56. The number of nitrogens with zero attached hydrogens (tertiary/aromatic N) is 3. The predicted octanol–water partition coefficient (Wildman–Crippen LogP) is 0.614. The minimum Gasteiger partial charge on any atom is -0.394 e. The standard InChI is InChI=1S/C21H30N4O4/c1-2-7-22-21(28)24-12-17-20(15-5-3-4-6-16(15)24)18(14-26)25(17)19(27)13-23-8-10-29-11-9-23/h3-6,17-18,20,26H,2,7-14H2,1H3,(H,22,28)/t17-,18+,20+/m0/s1. The zero-order valence-electron chi connectivity index (χ0n) is 16.9. The van der Waals surface area contributed by atoms with Crippen LogP contribution in [0.5, 0.6) is 0 Å². The number of rotatable bonds is 5. The number of aliphatic hydroxyl groups excluding tert-OH is 1. The fourth-order valence-corrected chi connectivity index (χ4v) is 4.79. The maximum atomic E-state index is 13.1. The van der Waals surface area contributed by atoms with Crippen LogP contribution < -0.4 is 10.2 Å². The average molecular weight is 402 g/mol. The van der Waals surface area contributed by atoms with Gasteiger partial charge < -0.3 is 20.1 Å². The first-order valence-electron chi connectivity index (χ1n) is 10.5. The summed E-state index contributed by atoms with van der Waals surface area (Å²) in [5, 5.41) is 13.0. The van der Waals surface area contributed by atoms with Crippen LogP contribution in [0.25, 0.3) is 0 Å². The summed E-state index contributed by atoms with van der Waals surface area (Å²) in [6.07, 6.45) is 0.865. The van der Waals surface area contributed by atoms with Gasteiger partial charge in [0.15, 0.2) is 0 Å². The maximum absolute atomic E-state index is 13.1. The Kier molecular flexibility index (Phi) is 6.03. The number of hydrogen-bond acceptors (Lipinski definition) is 5. The Bertz CT molecular complexity index is 752. The molecule has 0 bridgehead atoms. The van der Waals surface area contributed by atoms with Gasteiger partial charge in [-0.25, -0.2) is 4.79 Å². The third-order valence-corrected chi connectivity index (χ3v) is 6.21. The number of morpholine rings is 1. The molecular weight excluding hydrogens is 372 g/mol. The average Bonchev–Trinajstić information content (AvgIpc) is 2.73. The van der Waals surface area contributed by atoms with Crippen molar-refractivity contribution in [1.29, 1.82) is 0 Å². The number of likely N-dealkylation sites (tertiary alicyclic amines) is 1. The Morgan fingerprint density at radius 1 is 1.24 bits per heavy atom. The van der Waals surface area contributed by atoms with Gasteiger partial charge in [-0.05, 0) is 18.1 Å². The van der Waals surface area contributed by atoms with Crippen molar-refractivity contribution in [3.8, 4) is 0 Å². The van der Waals surface area contributed by atoms with Gasteiger partial charge in [-0.3, -0.25) is 14.6 Å². The van der Waals surface area contributed by atoms with E-state index in [0.29, 0.717) is 32.8 Å². The lowest BCUT2D eigenvalue weighted by Crippen LogP contribution is -2.72. The number of ether oxygens (including phenoxy) is 1. The molecule has 1 aromatic carbocycles. The highest BCUT2D eigenvalue weighted by Crippen LogP contribution is 2.48. The van der Waals surface area contributed by atoms with Crippen molar-refractivity contribution < 1.29 is 19.4 Å². The first kappa shape index (κ1) is 20.1. The van der Waals surface area contributed by atoms with Crippen LogP contribution in [0.3, 0.4) is 0 Å². The number of carbonyl (C=O) groups excluding carboxylic acids is 2. The second-order valence-corrected chi connectivity index (χ2v) is 7.93. The van der Waals surface area contributed by atoms with Crippen molar-refractivity contribution in [3.63, 3.8) is 0 Å². The van der Waals surface area contributed by atoms with E-state index in [1.54, 1.807) is 9.80 Å². The van der Waals surface area contributed by atoms with Crippen LogP contribution in [0.2, 0.25) is 0 Å². The summed E-state index contributed by atoms with van der Waals surface area (Å²) < 4.78 is 5.36. The quantitative estimate of drug-likeness (QED) is 0.754. The zero-order chi connectivity index (χ0) is 20.4. The van der Waals surface area contributed by atoms with E-state index in [2.05, 4.69) is 10.2 Å². The third-order valence-electron chi connectivity index (χ3n) is 6.21. The predicted molar refractivity (Wildman–Crippen MR) is 109 cm³/mol. The molecule has 0 unspecified atom stereocenters. The summed E-state index contributed by atoms with van der Waals surface area (Å²) >= 11 is 0. The molecule has 3 amide bonds. The van der Waals surface area contributed by atoms with Gasteiger partial charge in [-0.2, -0.15) is 0 Å². The molecule has 1 aromatic rings. The van der Waals surface area contributed by atoms with Crippen LogP contribution in [0, 0.1) is 0 Å². The minimum atomic E-state index is -0.240. The van der Waals surface area contributed by atoms with Crippen LogP contribution in [0.1, 0.15) is 24.8 Å². The van der Waals surface area contributed by atoms with Crippen molar-refractivity contribution in [2.24, 2.45) is 0 Å². The van der Waals surface area contributed by atoms with Crippen LogP contribution in [-0.2, 0) is 9.53 Å². The van der Waals surface area contributed by atoms with Gasteiger partial charge in [0.25, 0.3) is 0 Å². The highest BCUT2D eigenvalue weighted by Gasteiger charge is 2.55. The second kappa shape index (κ2) is 8.69. The number of anilines is 1. The monoisotopic (exact) mass is 402 g/mol. The summed E-state index contributed by atoms with van der Waals surface area (Å²) in [5.74, 6) is 0.0700. The molecule has 0 spiro atoms. The Labute approximate surface area is 171 Å². The maximum Gasteiger partial charge on any atom is 0.321 e. The van der Waals surface area contributed by atoms with E-state index in [1.807, 2.05) is 31.2 Å². The molecular formula is C21H30N4O4. The van der Waals surface area contributed by atoms with E-state index in [9.17, 15) is 14.7 Å². The summed E-state index contributed by atoms with van der Waals surface area (Å²) in [5.41, 5.74) is 1.91. The summed E-state index contributed by atoms with van der Waals surface area (Å²) in [4.78, 5) is 31.5. The van der Waals surface area contributed by atoms with Crippen LogP contribution in [0.15, 0.2) is 24.3 Å². The highest BCUT2D eigenvalue weighted by molar-refractivity contribution is 5.94. The van der Waals surface area contributed by atoms with Gasteiger partial charge >= 0.3 is 6.03 Å². The molecule has 2 N–H and O–H groups in total. The fourth-order valence-electron chi connectivity index (χ4n) is 4.79. The molecule has 0 radical (unpaired) electrons. The van der Waals surface area contributed by atoms with Crippen LogP contribution >= 0.6 is 0 Å². The Hall–Kier alpha value is -2.16. The van der Waals surface area contributed by atoms with E-state index in [0.717, 1.165) is 30.8 Å². The van der Waals surface area contributed by atoms with Crippen molar-refractivity contribution in [1.82, 2.24) is 15.1 Å². The summed E-state index contributed by atoms with van der Waals surface area (Å²) in [6.45, 7) is 6.09. The summed E-state index contributed by atoms with van der Waals surface area (Å²) in [6, 6.07) is 7.36. The molecule has 0 aromatic heterocycles. The van der Waals surface area contributed by atoms with E-state index in [-0.39, 0.29) is 36.5 Å². The molecule has 3 atom stereocenters. The normalized spacial score (nSPS) is 26.3. The number of amides is 3. The lowest BCUT2D eigenvalue weighted by Gasteiger charge is -2.59. The Morgan fingerprint density at radius 3 is 2.72 bits per heavy atom. The van der Waals surface area contributed by atoms with Crippen LogP contribution in [-0.4, -0.2) is 91.5 Å². The molecule has 158 valence electrons. The molecule has 4 rings (SSSR count). The summed E-state index contributed by atoms with van der Waals surface area (Å²) in [7, 11) is 0. The highest BCUT2D eigenvalue weighted by atomic mass is 16.5. The number of fused-ring (bicyclic) bond motifs is 3. The number of para-hydroxylation sites is 1. The van der Waals surface area contributed by atoms with Crippen LogP contribution in [0.4, 0.5) is 10.5 Å². The van der Waals surface area contributed by atoms with Gasteiger partial charge in [-0.15, -0.1) is 0 Å². The molecule has 3 heterocycles. The zero-order valence-corrected chi connectivity index (χ0v) is 16.9. The van der Waals surface area contributed by atoms with Gasteiger partial charge in [0, 0.05) is 37.8 Å². The second-order valence-electron chi connectivity index (χ2n) is 7.93. The molecule has 0 aliphatic carbocycles. The number of urea groups is 1. The number of nitrogens with one attached hydrogen (secondary N) is 1. The number of carbonyl (C=O) groups is 2. The third kappa shape index (κ3) is 3.72. The molecule has 2 fully saturated rings. The molecule has 8 heteroatoms. The molecule has 3 aliphatic rings. The minimum absolute atomic E-state index is 0.0143. The van der Waals surface area contributed by atoms with Crippen molar-refractivity contribution in [3.05, 3.63) is 29.8 Å². The molecule has 3 aliphatic heterocycles.